The first kappa shape index (κ1) is 19.0. The van der Waals surface area contributed by atoms with Gasteiger partial charge in [-0.05, 0) is 50.6 Å². The third-order valence-corrected chi connectivity index (χ3v) is 3.16. The van der Waals surface area contributed by atoms with Gasteiger partial charge in [-0.25, -0.2) is 14.8 Å². The Morgan fingerprint density at radius 1 is 1.38 bits per heavy atom. The molecule has 1 amide bonds. The van der Waals surface area contributed by atoms with Crippen LogP contribution in [0.15, 0.2) is 30.5 Å². The molecule has 0 bridgehead atoms. The fourth-order valence-corrected chi connectivity index (χ4v) is 2.05. The van der Waals surface area contributed by atoms with Gasteiger partial charge < -0.3 is 4.74 Å². The van der Waals surface area contributed by atoms with Crippen LogP contribution in [0.4, 0.5) is 15.0 Å². The molecule has 0 N–H and O–H groups in total. The van der Waals surface area contributed by atoms with Crippen molar-refractivity contribution in [2.24, 2.45) is 0 Å². The van der Waals surface area contributed by atoms with Crippen LogP contribution in [0, 0.1) is 17.3 Å². The lowest BCUT2D eigenvalue weighted by Crippen LogP contribution is -2.37. The van der Waals surface area contributed by atoms with Gasteiger partial charge in [-0.3, -0.25) is 9.69 Å². The summed E-state index contributed by atoms with van der Waals surface area (Å²) in [6.07, 6.45) is 1.04. The third kappa shape index (κ3) is 4.83. The minimum Gasteiger partial charge on any atom is -0.443 e. The Labute approximate surface area is 150 Å². The van der Waals surface area contributed by atoms with Crippen molar-refractivity contribution in [1.82, 2.24) is 9.97 Å². The van der Waals surface area contributed by atoms with Gasteiger partial charge in [0.05, 0.1) is 12.1 Å². The number of carbonyl (C=O) groups is 2. The number of anilines is 1. The molecule has 0 saturated carbocycles. The maximum atomic E-state index is 13.9. The molecule has 0 atom stereocenters. The molecule has 2 aromatic rings. The molecule has 0 saturated heterocycles. The van der Waals surface area contributed by atoms with Crippen molar-refractivity contribution in [1.29, 1.82) is 5.26 Å². The summed E-state index contributed by atoms with van der Waals surface area (Å²) in [6.45, 7) is 5.09. The molecular weight excluding hydrogens is 339 g/mol. The molecule has 0 fully saturated rings. The molecule has 0 radical (unpaired) electrons. The monoisotopic (exact) mass is 356 g/mol. The van der Waals surface area contributed by atoms with Gasteiger partial charge in [-0.15, -0.1) is 0 Å². The van der Waals surface area contributed by atoms with E-state index in [1.165, 1.54) is 24.4 Å². The number of nitrogens with zero attached hydrogens (tertiary/aromatic N) is 4. The Hall–Kier alpha value is -3.34. The predicted molar refractivity (Wildman–Crippen MR) is 91.0 cm³/mol. The van der Waals surface area contributed by atoms with Crippen molar-refractivity contribution >= 4 is 18.2 Å². The molecule has 0 aliphatic carbocycles. The maximum Gasteiger partial charge on any atom is 0.416 e. The van der Waals surface area contributed by atoms with E-state index in [9.17, 15) is 14.0 Å². The van der Waals surface area contributed by atoms with E-state index in [-0.39, 0.29) is 23.6 Å². The highest BCUT2D eigenvalue weighted by Gasteiger charge is 2.25. The number of hydrogen-bond acceptors (Lipinski definition) is 6. The van der Waals surface area contributed by atoms with Gasteiger partial charge in [0.25, 0.3) is 0 Å². The van der Waals surface area contributed by atoms with E-state index in [0.717, 1.165) is 4.90 Å². The van der Waals surface area contributed by atoms with Crippen LogP contribution in [-0.2, 0) is 11.3 Å². The second-order valence-electron chi connectivity index (χ2n) is 6.39. The Balaban J connectivity index is 2.41. The average molecular weight is 356 g/mol. The molecule has 0 unspecified atom stereocenters. The lowest BCUT2D eigenvalue weighted by molar-refractivity contribution is 0.0576. The maximum absolute atomic E-state index is 13.9. The molecule has 0 aliphatic rings. The van der Waals surface area contributed by atoms with Gasteiger partial charge in [-0.1, -0.05) is 0 Å². The zero-order valence-electron chi connectivity index (χ0n) is 14.6. The molecule has 134 valence electrons. The van der Waals surface area contributed by atoms with Crippen LogP contribution in [0.25, 0.3) is 0 Å². The minimum atomic E-state index is -0.987. The number of halogens is 1. The van der Waals surface area contributed by atoms with E-state index < -0.39 is 17.6 Å². The first-order valence-electron chi connectivity index (χ1n) is 7.71. The van der Waals surface area contributed by atoms with E-state index in [1.807, 2.05) is 6.07 Å². The first-order valence-corrected chi connectivity index (χ1v) is 7.71. The van der Waals surface area contributed by atoms with E-state index in [4.69, 9.17) is 10.00 Å². The molecule has 0 aromatic carbocycles. The summed E-state index contributed by atoms with van der Waals surface area (Å²) < 4.78 is 19.2. The zero-order chi connectivity index (χ0) is 19.3. The molecular formula is C18H17FN4O3. The molecule has 2 heterocycles. The Bertz CT molecular complexity index is 871. The summed E-state index contributed by atoms with van der Waals surface area (Å²) >= 11 is 0. The minimum absolute atomic E-state index is 0.0149. The summed E-state index contributed by atoms with van der Waals surface area (Å²) in [5.41, 5.74) is -0.216. The summed E-state index contributed by atoms with van der Waals surface area (Å²) in [5, 5.41) is 8.96. The Morgan fingerprint density at radius 3 is 2.69 bits per heavy atom. The summed E-state index contributed by atoms with van der Waals surface area (Å²) in [5.74, 6) is -1.00. The van der Waals surface area contributed by atoms with Crippen molar-refractivity contribution in [3.8, 4) is 6.07 Å². The SMILES string of the molecule is CC(C)(C)OC(=O)N(Cc1ccnc(C#N)c1)c1ccc(C=O)c(F)n1. The number of carbonyl (C=O) groups excluding carboxylic acids is 2. The van der Waals surface area contributed by atoms with Crippen LogP contribution in [0.1, 0.15) is 42.4 Å². The summed E-state index contributed by atoms with van der Waals surface area (Å²) in [4.78, 5) is 32.0. The quantitative estimate of drug-likeness (QED) is 0.616. The van der Waals surface area contributed by atoms with Gasteiger partial charge in [0.15, 0.2) is 6.29 Å². The number of aromatic nitrogens is 2. The fraction of sp³-hybridized carbons (Fsp3) is 0.278. The number of rotatable bonds is 4. The Kier molecular flexibility index (Phi) is 5.62. The number of amides is 1. The molecule has 7 nitrogen and oxygen atoms in total. The Morgan fingerprint density at radius 2 is 2.12 bits per heavy atom. The third-order valence-electron chi connectivity index (χ3n) is 3.16. The molecule has 0 spiro atoms. The predicted octanol–water partition coefficient (Wildman–Crippen LogP) is 3.24. The van der Waals surface area contributed by atoms with Crippen LogP contribution in [0.3, 0.4) is 0 Å². The van der Waals surface area contributed by atoms with E-state index in [2.05, 4.69) is 9.97 Å². The van der Waals surface area contributed by atoms with Crippen LogP contribution in [0.5, 0.6) is 0 Å². The molecule has 2 aromatic heterocycles. The van der Waals surface area contributed by atoms with Crippen LogP contribution >= 0.6 is 0 Å². The van der Waals surface area contributed by atoms with E-state index in [1.54, 1.807) is 26.8 Å². The van der Waals surface area contributed by atoms with Gasteiger partial charge in [0, 0.05) is 6.20 Å². The standard InChI is InChI=1S/C18H17FN4O3/c1-18(2,3)26-17(25)23(10-12-6-7-21-14(8-12)9-20)15-5-4-13(11-24)16(19)22-15/h4-8,11H,10H2,1-3H3. The van der Waals surface area contributed by atoms with Gasteiger partial charge in [0.2, 0.25) is 5.95 Å². The second-order valence-corrected chi connectivity index (χ2v) is 6.39. The molecule has 8 heteroatoms. The zero-order valence-corrected chi connectivity index (χ0v) is 14.6. The summed E-state index contributed by atoms with van der Waals surface area (Å²) in [6, 6.07) is 7.62. The average Bonchev–Trinajstić information content (AvgIpc) is 2.58. The van der Waals surface area contributed by atoms with E-state index >= 15 is 0 Å². The highest BCUT2D eigenvalue weighted by atomic mass is 19.1. The molecule has 2 rings (SSSR count). The fourth-order valence-electron chi connectivity index (χ4n) is 2.05. The van der Waals surface area contributed by atoms with Crippen LogP contribution in [-0.4, -0.2) is 27.9 Å². The van der Waals surface area contributed by atoms with Gasteiger partial charge in [-0.2, -0.15) is 9.65 Å². The number of hydrogen-bond donors (Lipinski definition) is 0. The highest BCUT2D eigenvalue weighted by Crippen LogP contribution is 2.20. The number of pyridine rings is 2. The highest BCUT2D eigenvalue weighted by molar-refractivity contribution is 5.87. The van der Waals surface area contributed by atoms with Crippen molar-refractivity contribution in [3.05, 3.63) is 53.2 Å². The molecule has 26 heavy (non-hydrogen) atoms. The van der Waals surface area contributed by atoms with Crippen LogP contribution < -0.4 is 4.90 Å². The summed E-state index contributed by atoms with van der Waals surface area (Å²) in [7, 11) is 0. The normalized spacial score (nSPS) is 10.7. The first-order chi connectivity index (χ1) is 12.2. The number of aldehydes is 1. The largest absolute Gasteiger partial charge is 0.443 e. The van der Waals surface area contributed by atoms with Crippen molar-refractivity contribution in [2.45, 2.75) is 32.9 Å². The topological polar surface area (TPSA) is 96.2 Å². The van der Waals surface area contributed by atoms with Crippen molar-refractivity contribution in [2.75, 3.05) is 4.90 Å². The number of ether oxygens (including phenoxy) is 1. The van der Waals surface area contributed by atoms with Crippen molar-refractivity contribution < 1.29 is 18.7 Å². The van der Waals surface area contributed by atoms with Crippen molar-refractivity contribution in [3.63, 3.8) is 0 Å². The van der Waals surface area contributed by atoms with Crippen LogP contribution in [0.2, 0.25) is 0 Å². The lowest BCUT2D eigenvalue weighted by atomic mass is 10.2. The lowest BCUT2D eigenvalue weighted by Gasteiger charge is -2.27. The molecule has 0 aliphatic heterocycles. The smallest absolute Gasteiger partial charge is 0.416 e. The van der Waals surface area contributed by atoms with Gasteiger partial charge >= 0.3 is 6.09 Å². The van der Waals surface area contributed by atoms with Gasteiger partial charge in [0.1, 0.15) is 23.2 Å². The van der Waals surface area contributed by atoms with E-state index in [0.29, 0.717) is 11.8 Å². The second kappa shape index (κ2) is 7.70. The number of nitriles is 1.